The van der Waals surface area contributed by atoms with Crippen molar-refractivity contribution in [3.05, 3.63) is 58.3 Å². The van der Waals surface area contributed by atoms with Crippen LogP contribution >= 0.6 is 0 Å². The minimum atomic E-state index is 0.250. The molecule has 0 radical (unpaired) electrons. The molecule has 27 heavy (non-hydrogen) atoms. The lowest BCUT2D eigenvalue weighted by Crippen LogP contribution is -2.33. The number of H-pyrrole nitrogens is 1. The molecule has 0 amide bonds. The lowest BCUT2D eigenvalue weighted by Gasteiger charge is -2.30. The van der Waals surface area contributed by atoms with Gasteiger partial charge in [0.2, 0.25) is 0 Å². The van der Waals surface area contributed by atoms with E-state index in [0.29, 0.717) is 5.92 Å². The maximum absolute atomic E-state index is 5.50. The van der Waals surface area contributed by atoms with E-state index in [1.54, 1.807) is 14.2 Å². The normalized spacial score (nSPS) is 17.6. The van der Waals surface area contributed by atoms with Crippen molar-refractivity contribution in [3.8, 4) is 11.5 Å². The molecule has 0 fully saturated rings. The number of rotatable bonds is 4. The number of nitrogens with one attached hydrogen (secondary N) is 2. The second kappa shape index (κ2) is 6.93. The smallest absolute Gasteiger partial charge is 0.160 e. The monoisotopic (exact) mass is 364 g/mol. The molecule has 4 nitrogen and oxygen atoms in total. The zero-order valence-corrected chi connectivity index (χ0v) is 16.8. The summed E-state index contributed by atoms with van der Waals surface area (Å²) in [7, 11) is 3.36. The minimum Gasteiger partial charge on any atom is -0.493 e. The molecule has 4 heteroatoms. The first-order valence-electron chi connectivity index (χ1n) is 9.60. The second-order valence-corrected chi connectivity index (χ2v) is 7.58. The molecular formula is C23H28N2O2. The zero-order valence-electron chi connectivity index (χ0n) is 16.8. The SMILES string of the molecule is COc1ccc(C(C)C2NCCc3c2[nH]c2cc(C)c(C)cc32)cc1OC. The van der Waals surface area contributed by atoms with Gasteiger partial charge >= 0.3 is 0 Å². The van der Waals surface area contributed by atoms with Crippen molar-refractivity contribution >= 4 is 10.9 Å². The number of aryl methyl sites for hydroxylation is 2. The Balaban J connectivity index is 1.76. The van der Waals surface area contributed by atoms with Gasteiger partial charge in [0.1, 0.15) is 0 Å². The van der Waals surface area contributed by atoms with Gasteiger partial charge in [-0.25, -0.2) is 0 Å². The van der Waals surface area contributed by atoms with Crippen molar-refractivity contribution in [2.45, 2.75) is 39.2 Å². The van der Waals surface area contributed by atoms with Crippen LogP contribution in [0.2, 0.25) is 0 Å². The van der Waals surface area contributed by atoms with Crippen molar-refractivity contribution < 1.29 is 9.47 Å². The fraction of sp³-hybridized carbons (Fsp3) is 0.391. The topological polar surface area (TPSA) is 46.3 Å². The number of aromatic nitrogens is 1. The van der Waals surface area contributed by atoms with Crippen LogP contribution in [0.15, 0.2) is 30.3 Å². The molecule has 2 N–H and O–H groups in total. The van der Waals surface area contributed by atoms with Crippen LogP contribution in [0.25, 0.3) is 10.9 Å². The number of aromatic amines is 1. The standard InChI is InChI=1S/C23H28N2O2/c1-13-10-18-17-8-9-24-22(23(17)25-19(18)11-14(13)2)15(3)16-6-7-20(26-4)21(12-16)27-5/h6-7,10-12,15,22,24-25H,8-9H2,1-5H3. The first-order chi connectivity index (χ1) is 13.0. The van der Waals surface area contributed by atoms with E-state index in [4.69, 9.17) is 9.47 Å². The van der Waals surface area contributed by atoms with Crippen LogP contribution in [-0.4, -0.2) is 25.7 Å². The molecule has 2 atom stereocenters. The summed E-state index contributed by atoms with van der Waals surface area (Å²) in [6, 6.07) is 11.1. The van der Waals surface area contributed by atoms with Crippen LogP contribution in [0.5, 0.6) is 11.5 Å². The number of hydrogen-bond acceptors (Lipinski definition) is 3. The van der Waals surface area contributed by atoms with E-state index < -0.39 is 0 Å². The summed E-state index contributed by atoms with van der Waals surface area (Å²) in [6.45, 7) is 7.64. The molecular weight excluding hydrogens is 336 g/mol. The van der Waals surface area contributed by atoms with Crippen LogP contribution < -0.4 is 14.8 Å². The molecule has 0 spiro atoms. The maximum Gasteiger partial charge on any atom is 0.160 e. The van der Waals surface area contributed by atoms with E-state index in [9.17, 15) is 0 Å². The number of ether oxygens (including phenoxy) is 2. The van der Waals surface area contributed by atoms with Crippen molar-refractivity contribution in [3.63, 3.8) is 0 Å². The third-order valence-corrected chi connectivity index (χ3v) is 6.04. The van der Waals surface area contributed by atoms with E-state index in [-0.39, 0.29) is 6.04 Å². The Morgan fingerprint density at radius 3 is 2.48 bits per heavy atom. The molecule has 1 aliphatic rings. The highest BCUT2D eigenvalue weighted by atomic mass is 16.5. The number of benzene rings is 2. The number of fused-ring (bicyclic) bond motifs is 3. The van der Waals surface area contributed by atoms with E-state index in [1.165, 1.54) is 38.9 Å². The Hall–Kier alpha value is -2.46. The largest absolute Gasteiger partial charge is 0.493 e. The Morgan fingerprint density at radius 1 is 1.00 bits per heavy atom. The molecule has 0 saturated heterocycles. The summed E-state index contributed by atoms with van der Waals surface area (Å²) < 4.78 is 10.9. The molecule has 0 aliphatic carbocycles. The van der Waals surface area contributed by atoms with E-state index in [1.807, 2.05) is 6.07 Å². The molecule has 2 unspecified atom stereocenters. The quantitative estimate of drug-likeness (QED) is 0.699. The van der Waals surface area contributed by atoms with Gasteiger partial charge in [-0.15, -0.1) is 0 Å². The summed E-state index contributed by atoms with van der Waals surface area (Å²) in [5.41, 5.74) is 7.96. The van der Waals surface area contributed by atoms with Crippen LogP contribution in [-0.2, 0) is 6.42 Å². The van der Waals surface area contributed by atoms with Gasteiger partial charge < -0.3 is 19.8 Å². The van der Waals surface area contributed by atoms with E-state index in [2.05, 4.69) is 55.3 Å². The Bertz CT molecular complexity index is 990. The average Bonchev–Trinajstić information content (AvgIpc) is 3.04. The average molecular weight is 364 g/mol. The molecule has 1 aromatic heterocycles. The summed E-state index contributed by atoms with van der Waals surface area (Å²) >= 11 is 0. The predicted octanol–water partition coefficient (Wildman–Crippen LogP) is 4.79. The van der Waals surface area contributed by atoms with Gasteiger partial charge in [-0.2, -0.15) is 0 Å². The summed E-state index contributed by atoms with van der Waals surface area (Å²) in [5, 5.41) is 5.10. The second-order valence-electron chi connectivity index (χ2n) is 7.58. The first kappa shape index (κ1) is 17.9. The third-order valence-electron chi connectivity index (χ3n) is 6.04. The Labute approximate surface area is 160 Å². The van der Waals surface area contributed by atoms with Gasteiger partial charge in [-0.05, 0) is 73.3 Å². The summed E-state index contributed by atoms with van der Waals surface area (Å²) in [4.78, 5) is 3.72. The Morgan fingerprint density at radius 2 is 1.74 bits per heavy atom. The molecule has 3 aromatic rings. The maximum atomic E-state index is 5.50. The molecule has 142 valence electrons. The van der Waals surface area contributed by atoms with Crippen molar-refractivity contribution in [1.82, 2.24) is 10.3 Å². The van der Waals surface area contributed by atoms with Crippen LogP contribution in [0.4, 0.5) is 0 Å². The molecule has 2 heterocycles. The molecule has 2 aromatic carbocycles. The third kappa shape index (κ3) is 2.98. The van der Waals surface area contributed by atoms with E-state index in [0.717, 1.165) is 24.5 Å². The minimum absolute atomic E-state index is 0.250. The van der Waals surface area contributed by atoms with E-state index >= 15 is 0 Å². The fourth-order valence-corrected chi connectivity index (χ4v) is 4.28. The van der Waals surface area contributed by atoms with Crippen LogP contribution in [0.3, 0.4) is 0 Å². The van der Waals surface area contributed by atoms with Gasteiger partial charge in [0.25, 0.3) is 0 Å². The summed E-state index contributed by atoms with van der Waals surface area (Å²) in [6.07, 6.45) is 1.06. The van der Waals surface area contributed by atoms with Gasteiger partial charge in [0, 0.05) is 22.5 Å². The number of hydrogen-bond donors (Lipinski definition) is 2. The molecule has 1 aliphatic heterocycles. The Kier molecular flexibility index (Phi) is 4.60. The van der Waals surface area contributed by atoms with Gasteiger partial charge in [0.05, 0.1) is 20.3 Å². The van der Waals surface area contributed by atoms with Crippen molar-refractivity contribution in [2.75, 3.05) is 20.8 Å². The van der Waals surface area contributed by atoms with Crippen molar-refractivity contribution in [1.29, 1.82) is 0 Å². The van der Waals surface area contributed by atoms with Gasteiger partial charge in [-0.3, -0.25) is 0 Å². The first-order valence-corrected chi connectivity index (χ1v) is 9.60. The molecule has 0 bridgehead atoms. The fourth-order valence-electron chi connectivity index (χ4n) is 4.28. The number of methoxy groups -OCH3 is 2. The highest BCUT2D eigenvalue weighted by Gasteiger charge is 2.29. The van der Waals surface area contributed by atoms with Crippen LogP contribution in [0.1, 0.15) is 46.8 Å². The zero-order chi connectivity index (χ0) is 19.1. The highest BCUT2D eigenvalue weighted by Crippen LogP contribution is 2.40. The van der Waals surface area contributed by atoms with Crippen LogP contribution in [0, 0.1) is 13.8 Å². The van der Waals surface area contributed by atoms with Gasteiger partial charge in [-0.1, -0.05) is 13.0 Å². The van der Waals surface area contributed by atoms with Gasteiger partial charge in [0.15, 0.2) is 11.5 Å². The molecule has 0 saturated carbocycles. The summed E-state index contributed by atoms with van der Waals surface area (Å²) in [5.74, 6) is 1.85. The lowest BCUT2D eigenvalue weighted by molar-refractivity contribution is 0.353. The van der Waals surface area contributed by atoms with Crippen molar-refractivity contribution in [2.24, 2.45) is 0 Å². The highest BCUT2D eigenvalue weighted by molar-refractivity contribution is 5.86. The predicted molar refractivity (Wildman–Crippen MR) is 110 cm³/mol. The lowest BCUT2D eigenvalue weighted by atomic mass is 9.86. The molecule has 4 rings (SSSR count).